The van der Waals surface area contributed by atoms with E-state index in [1.54, 1.807) is 0 Å². The molecule has 1 saturated heterocycles. The molecule has 4 heteroatoms. The molecule has 0 bridgehead atoms. The van der Waals surface area contributed by atoms with Gasteiger partial charge in [-0.25, -0.2) is 0 Å². The number of aliphatic hydroxyl groups is 1. The predicted molar refractivity (Wildman–Crippen MR) is 82.6 cm³/mol. The predicted octanol–water partition coefficient (Wildman–Crippen LogP) is 2.04. The molecule has 0 aliphatic carbocycles. The quantitative estimate of drug-likeness (QED) is 0.815. The van der Waals surface area contributed by atoms with Gasteiger partial charge in [-0.05, 0) is 26.7 Å². The van der Waals surface area contributed by atoms with Crippen LogP contribution < -0.4 is 0 Å². The molecule has 0 aromatic heterocycles. The van der Waals surface area contributed by atoms with Gasteiger partial charge in [-0.2, -0.15) is 0 Å². The maximum atomic E-state index is 12.5. The summed E-state index contributed by atoms with van der Waals surface area (Å²) in [5.41, 5.74) is 1.95. The van der Waals surface area contributed by atoms with Crippen molar-refractivity contribution in [3.63, 3.8) is 0 Å². The number of carbonyl (C=O) groups is 1. The second-order valence-electron chi connectivity index (χ2n) is 5.74. The van der Waals surface area contributed by atoms with Crippen LogP contribution in [-0.4, -0.2) is 54.2 Å². The fourth-order valence-corrected chi connectivity index (χ4v) is 2.77. The third kappa shape index (κ3) is 4.37. The number of benzene rings is 1. The summed E-state index contributed by atoms with van der Waals surface area (Å²) in [5.74, 6) is 0.185. The molecule has 21 heavy (non-hydrogen) atoms. The number of carbonyl (C=O) groups excluding carboxylic acids is 1. The van der Waals surface area contributed by atoms with E-state index in [0.29, 0.717) is 6.61 Å². The first-order valence-corrected chi connectivity index (χ1v) is 7.69. The SMILES string of the molecule is Cc1ccc(C(=O)C(C)N2CCC(OCCO)CC2)cc1. The highest BCUT2D eigenvalue weighted by Gasteiger charge is 2.27. The molecule has 1 heterocycles. The van der Waals surface area contributed by atoms with Crippen molar-refractivity contribution in [3.8, 4) is 0 Å². The van der Waals surface area contributed by atoms with Crippen molar-refractivity contribution in [1.82, 2.24) is 4.90 Å². The van der Waals surface area contributed by atoms with Gasteiger partial charge in [0.1, 0.15) is 0 Å². The smallest absolute Gasteiger partial charge is 0.179 e. The van der Waals surface area contributed by atoms with Crippen molar-refractivity contribution in [2.24, 2.45) is 0 Å². The molecule has 1 aliphatic rings. The Bertz CT molecular complexity index is 450. The Morgan fingerprint density at radius 3 is 2.52 bits per heavy atom. The first-order chi connectivity index (χ1) is 10.1. The standard InChI is InChI=1S/C17H25NO3/c1-13-3-5-15(6-4-13)17(20)14(2)18-9-7-16(8-10-18)21-12-11-19/h3-6,14,16,19H,7-12H2,1-2H3. The number of rotatable bonds is 6. The summed E-state index contributed by atoms with van der Waals surface area (Å²) < 4.78 is 5.56. The summed E-state index contributed by atoms with van der Waals surface area (Å²) >= 11 is 0. The lowest BCUT2D eigenvalue weighted by atomic mass is 10.00. The summed E-state index contributed by atoms with van der Waals surface area (Å²) in [6.45, 7) is 6.22. The van der Waals surface area contributed by atoms with E-state index in [0.717, 1.165) is 31.5 Å². The van der Waals surface area contributed by atoms with E-state index < -0.39 is 0 Å². The van der Waals surface area contributed by atoms with Gasteiger partial charge in [0, 0.05) is 18.7 Å². The minimum Gasteiger partial charge on any atom is -0.394 e. The molecule has 1 aromatic rings. The Morgan fingerprint density at radius 2 is 1.95 bits per heavy atom. The fourth-order valence-electron chi connectivity index (χ4n) is 2.77. The van der Waals surface area contributed by atoms with Crippen LogP contribution in [0.5, 0.6) is 0 Å². The number of Topliss-reactive ketones (excluding diaryl/α,β-unsaturated/α-hetero) is 1. The van der Waals surface area contributed by atoms with Crippen LogP contribution in [0, 0.1) is 6.92 Å². The number of hydrogen-bond donors (Lipinski definition) is 1. The summed E-state index contributed by atoms with van der Waals surface area (Å²) in [7, 11) is 0. The lowest BCUT2D eigenvalue weighted by molar-refractivity contribution is -0.0125. The highest BCUT2D eigenvalue weighted by molar-refractivity contribution is 5.99. The van der Waals surface area contributed by atoms with Gasteiger partial charge >= 0.3 is 0 Å². The van der Waals surface area contributed by atoms with Crippen molar-refractivity contribution < 1.29 is 14.6 Å². The van der Waals surface area contributed by atoms with E-state index in [1.165, 1.54) is 5.56 Å². The van der Waals surface area contributed by atoms with Gasteiger partial charge in [0.25, 0.3) is 0 Å². The number of ether oxygens (including phenoxy) is 1. The first kappa shape index (κ1) is 16.1. The van der Waals surface area contributed by atoms with Crippen molar-refractivity contribution in [2.45, 2.75) is 38.8 Å². The molecule has 0 saturated carbocycles. The van der Waals surface area contributed by atoms with Crippen molar-refractivity contribution in [3.05, 3.63) is 35.4 Å². The number of hydrogen-bond acceptors (Lipinski definition) is 4. The van der Waals surface area contributed by atoms with Gasteiger partial charge in [0.2, 0.25) is 0 Å². The average molecular weight is 291 g/mol. The Morgan fingerprint density at radius 1 is 1.33 bits per heavy atom. The lowest BCUT2D eigenvalue weighted by Gasteiger charge is -2.35. The summed E-state index contributed by atoms with van der Waals surface area (Å²) in [6.07, 6.45) is 2.06. The molecule has 0 spiro atoms. The number of nitrogens with zero attached hydrogens (tertiary/aromatic N) is 1. The highest BCUT2D eigenvalue weighted by Crippen LogP contribution is 2.18. The van der Waals surface area contributed by atoms with Gasteiger partial charge in [0.15, 0.2) is 5.78 Å². The molecule has 0 radical (unpaired) electrons. The van der Waals surface area contributed by atoms with E-state index in [9.17, 15) is 4.79 Å². The Balaban J connectivity index is 1.88. The van der Waals surface area contributed by atoms with Crippen molar-refractivity contribution >= 4 is 5.78 Å². The topological polar surface area (TPSA) is 49.8 Å². The molecular weight excluding hydrogens is 266 g/mol. The largest absolute Gasteiger partial charge is 0.394 e. The average Bonchev–Trinajstić information content (AvgIpc) is 2.53. The second-order valence-corrected chi connectivity index (χ2v) is 5.74. The van der Waals surface area contributed by atoms with Gasteiger partial charge in [-0.15, -0.1) is 0 Å². The molecule has 1 fully saturated rings. The Labute approximate surface area is 126 Å². The molecule has 1 aromatic carbocycles. The normalized spacial score (nSPS) is 18.6. The number of aliphatic hydroxyl groups excluding tert-OH is 1. The molecule has 1 atom stereocenters. The number of aryl methyl sites for hydroxylation is 1. The third-order valence-electron chi connectivity index (χ3n) is 4.18. The summed E-state index contributed by atoms with van der Waals surface area (Å²) in [4.78, 5) is 14.7. The molecule has 1 unspecified atom stereocenters. The van der Waals surface area contributed by atoms with Crippen LogP contribution >= 0.6 is 0 Å². The highest BCUT2D eigenvalue weighted by atomic mass is 16.5. The van der Waals surface area contributed by atoms with E-state index in [-0.39, 0.29) is 24.5 Å². The number of piperidine rings is 1. The van der Waals surface area contributed by atoms with E-state index in [4.69, 9.17) is 9.84 Å². The minimum atomic E-state index is -0.0912. The molecule has 1 N–H and O–H groups in total. The molecular formula is C17H25NO3. The molecule has 2 rings (SSSR count). The second kappa shape index (κ2) is 7.69. The van der Waals surface area contributed by atoms with E-state index >= 15 is 0 Å². The van der Waals surface area contributed by atoms with Crippen LogP contribution in [0.1, 0.15) is 35.7 Å². The van der Waals surface area contributed by atoms with Crippen molar-refractivity contribution in [1.29, 1.82) is 0 Å². The summed E-state index contributed by atoms with van der Waals surface area (Å²) in [6, 6.07) is 7.69. The maximum absolute atomic E-state index is 12.5. The Kier molecular flexibility index (Phi) is 5.91. The molecule has 0 amide bonds. The zero-order valence-corrected chi connectivity index (χ0v) is 12.9. The zero-order chi connectivity index (χ0) is 15.2. The monoisotopic (exact) mass is 291 g/mol. The lowest BCUT2D eigenvalue weighted by Crippen LogP contribution is -2.45. The number of ketones is 1. The Hall–Kier alpha value is -1.23. The maximum Gasteiger partial charge on any atom is 0.179 e. The number of likely N-dealkylation sites (tertiary alicyclic amines) is 1. The zero-order valence-electron chi connectivity index (χ0n) is 12.9. The first-order valence-electron chi connectivity index (χ1n) is 7.69. The van der Waals surface area contributed by atoms with E-state index in [2.05, 4.69) is 4.90 Å². The fraction of sp³-hybridized carbons (Fsp3) is 0.588. The molecule has 4 nitrogen and oxygen atoms in total. The van der Waals surface area contributed by atoms with Crippen LogP contribution in [0.2, 0.25) is 0 Å². The van der Waals surface area contributed by atoms with Crippen molar-refractivity contribution in [2.75, 3.05) is 26.3 Å². The summed E-state index contributed by atoms with van der Waals surface area (Å²) in [5, 5.41) is 8.78. The van der Waals surface area contributed by atoms with Gasteiger partial charge in [-0.1, -0.05) is 29.8 Å². The van der Waals surface area contributed by atoms with Crippen LogP contribution in [0.25, 0.3) is 0 Å². The van der Waals surface area contributed by atoms with Crippen LogP contribution in [0.15, 0.2) is 24.3 Å². The van der Waals surface area contributed by atoms with Gasteiger partial charge < -0.3 is 9.84 Å². The van der Waals surface area contributed by atoms with Gasteiger partial charge in [-0.3, -0.25) is 9.69 Å². The van der Waals surface area contributed by atoms with Crippen LogP contribution in [0.4, 0.5) is 0 Å². The van der Waals surface area contributed by atoms with Crippen LogP contribution in [0.3, 0.4) is 0 Å². The van der Waals surface area contributed by atoms with Crippen LogP contribution in [-0.2, 0) is 4.74 Å². The minimum absolute atomic E-state index is 0.0720. The van der Waals surface area contributed by atoms with Gasteiger partial charge in [0.05, 0.1) is 25.4 Å². The van der Waals surface area contributed by atoms with E-state index in [1.807, 2.05) is 38.1 Å². The molecule has 1 aliphatic heterocycles. The third-order valence-corrected chi connectivity index (χ3v) is 4.18. The molecule has 116 valence electrons.